The lowest BCUT2D eigenvalue weighted by Crippen LogP contribution is -2.44. The summed E-state index contributed by atoms with van der Waals surface area (Å²) in [4.78, 5) is 6.80. The molecule has 5 nitrogen and oxygen atoms in total. The van der Waals surface area contributed by atoms with E-state index in [1.807, 2.05) is 18.2 Å². The van der Waals surface area contributed by atoms with E-state index in [9.17, 15) is 5.11 Å². The van der Waals surface area contributed by atoms with Crippen molar-refractivity contribution in [2.75, 3.05) is 10.6 Å². The van der Waals surface area contributed by atoms with Gasteiger partial charge in [0.15, 0.2) is 5.58 Å². The Morgan fingerprint density at radius 1 is 1.26 bits per heavy atom. The van der Waals surface area contributed by atoms with Gasteiger partial charge in [0.05, 0.1) is 11.8 Å². The lowest BCUT2D eigenvalue weighted by molar-refractivity contribution is 0.124. The second kappa shape index (κ2) is 3.87. The van der Waals surface area contributed by atoms with Gasteiger partial charge in [-0.05, 0) is 37.8 Å². The summed E-state index contributed by atoms with van der Waals surface area (Å²) in [5.74, 6) is 0. The van der Waals surface area contributed by atoms with E-state index in [1.54, 1.807) is 0 Å². The van der Waals surface area contributed by atoms with Crippen molar-refractivity contribution < 1.29 is 9.52 Å². The van der Waals surface area contributed by atoms with Crippen LogP contribution in [0.1, 0.15) is 25.7 Å². The number of nitrogens with zero attached hydrogens (tertiary/aromatic N) is 2. The maximum absolute atomic E-state index is 9.84. The van der Waals surface area contributed by atoms with E-state index in [0.717, 1.165) is 36.8 Å². The molecule has 1 aromatic heterocycles. The second-order valence-corrected chi connectivity index (χ2v) is 5.61. The number of aromatic nitrogens is 1. The van der Waals surface area contributed by atoms with Gasteiger partial charge in [-0.3, -0.25) is 0 Å². The molecule has 0 spiro atoms. The number of rotatable bonds is 1. The van der Waals surface area contributed by atoms with E-state index in [-0.39, 0.29) is 6.10 Å². The minimum atomic E-state index is -0.178. The summed E-state index contributed by atoms with van der Waals surface area (Å²) < 4.78 is 5.86. The number of oxazole rings is 1. The third-order valence-electron chi connectivity index (χ3n) is 4.37. The number of fused-ring (bicyclic) bond motifs is 3. The molecule has 4 rings (SSSR count). The van der Waals surface area contributed by atoms with Gasteiger partial charge in [0, 0.05) is 12.1 Å². The predicted molar refractivity (Wildman–Crippen MR) is 73.0 cm³/mol. The zero-order valence-corrected chi connectivity index (χ0v) is 10.6. The molecule has 2 atom stereocenters. The number of hydrogen-bond donors (Lipinski definition) is 2. The Morgan fingerprint density at radius 3 is 2.68 bits per heavy atom. The summed E-state index contributed by atoms with van der Waals surface area (Å²) in [6.07, 6.45) is 3.66. The first-order valence-electron chi connectivity index (χ1n) is 6.84. The minimum Gasteiger partial charge on any atom is -0.423 e. The van der Waals surface area contributed by atoms with Gasteiger partial charge in [0.25, 0.3) is 6.01 Å². The van der Waals surface area contributed by atoms with Crippen LogP contribution in [0.15, 0.2) is 22.6 Å². The summed E-state index contributed by atoms with van der Waals surface area (Å²) in [6, 6.07) is 6.96. The second-order valence-electron chi connectivity index (χ2n) is 5.61. The average molecular weight is 259 g/mol. The zero-order chi connectivity index (χ0) is 13.0. The third kappa shape index (κ3) is 1.61. The smallest absolute Gasteiger partial charge is 0.298 e. The summed E-state index contributed by atoms with van der Waals surface area (Å²) in [6.45, 7) is 0. The van der Waals surface area contributed by atoms with Crippen LogP contribution in [-0.2, 0) is 0 Å². The average Bonchev–Trinajstić information content (AvgIpc) is 2.90. The van der Waals surface area contributed by atoms with E-state index in [4.69, 9.17) is 10.2 Å². The standard InChI is InChI=1S/C14H17N3O2/c15-11-2-1-3-12-13(11)16-14(19-12)17-8-4-5-9(17)7-10(18)6-8/h1-3,8-10,18H,4-7,15H2. The number of nitrogens with two attached hydrogens (primary N) is 1. The van der Waals surface area contributed by atoms with Crippen LogP contribution < -0.4 is 10.6 Å². The fourth-order valence-electron chi connectivity index (χ4n) is 3.53. The SMILES string of the molecule is Nc1cccc2oc(N3C4CCC3CC(O)C4)nc12. The van der Waals surface area contributed by atoms with Crippen molar-refractivity contribution in [2.24, 2.45) is 0 Å². The zero-order valence-electron chi connectivity index (χ0n) is 10.6. The first kappa shape index (κ1) is 11.1. The molecular weight excluding hydrogens is 242 g/mol. The summed E-state index contributed by atoms with van der Waals surface area (Å²) in [5, 5.41) is 9.84. The van der Waals surface area contributed by atoms with Crippen molar-refractivity contribution >= 4 is 22.8 Å². The number of aliphatic hydroxyl groups excluding tert-OH is 1. The topological polar surface area (TPSA) is 75.5 Å². The highest BCUT2D eigenvalue weighted by atomic mass is 16.4. The summed E-state index contributed by atoms with van der Waals surface area (Å²) in [5.41, 5.74) is 8.05. The molecule has 19 heavy (non-hydrogen) atoms. The Labute approximate surface area is 111 Å². The van der Waals surface area contributed by atoms with Crippen molar-refractivity contribution in [1.29, 1.82) is 0 Å². The van der Waals surface area contributed by atoms with E-state index in [2.05, 4.69) is 9.88 Å². The normalized spacial score (nSPS) is 30.2. The van der Waals surface area contributed by atoms with Gasteiger partial charge < -0.3 is 20.2 Å². The van der Waals surface area contributed by atoms with Crippen molar-refractivity contribution in [2.45, 2.75) is 43.9 Å². The van der Waals surface area contributed by atoms with Crippen molar-refractivity contribution in [3.8, 4) is 0 Å². The van der Waals surface area contributed by atoms with Crippen LogP contribution in [0.4, 0.5) is 11.7 Å². The highest BCUT2D eigenvalue weighted by Crippen LogP contribution is 2.40. The molecule has 1 aromatic carbocycles. The van der Waals surface area contributed by atoms with Gasteiger partial charge in [0.2, 0.25) is 0 Å². The quantitative estimate of drug-likeness (QED) is 0.765. The molecule has 5 heteroatoms. The van der Waals surface area contributed by atoms with E-state index >= 15 is 0 Å². The van der Waals surface area contributed by atoms with Gasteiger partial charge >= 0.3 is 0 Å². The van der Waals surface area contributed by atoms with Gasteiger partial charge in [-0.1, -0.05) is 6.07 Å². The van der Waals surface area contributed by atoms with Crippen LogP contribution in [-0.4, -0.2) is 28.3 Å². The van der Waals surface area contributed by atoms with Crippen LogP contribution in [0.2, 0.25) is 0 Å². The number of benzene rings is 1. The summed E-state index contributed by atoms with van der Waals surface area (Å²) >= 11 is 0. The molecule has 2 aliphatic heterocycles. The first-order valence-corrected chi connectivity index (χ1v) is 6.84. The number of aliphatic hydroxyl groups is 1. The van der Waals surface area contributed by atoms with Crippen molar-refractivity contribution in [3.63, 3.8) is 0 Å². The minimum absolute atomic E-state index is 0.178. The number of hydrogen-bond acceptors (Lipinski definition) is 5. The predicted octanol–water partition coefficient (Wildman–Crippen LogP) is 1.90. The van der Waals surface area contributed by atoms with Gasteiger partial charge in [0.1, 0.15) is 5.52 Å². The van der Waals surface area contributed by atoms with Crippen LogP contribution in [0.5, 0.6) is 0 Å². The Hall–Kier alpha value is -1.75. The number of piperidine rings is 1. The monoisotopic (exact) mass is 259 g/mol. The van der Waals surface area contributed by atoms with E-state index in [1.165, 1.54) is 0 Å². The molecule has 3 N–H and O–H groups in total. The number of nitrogen functional groups attached to an aromatic ring is 1. The Balaban J connectivity index is 1.77. The van der Waals surface area contributed by atoms with Crippen LogP contribution in [0.25, 0.3) is 11.1 Å². The van der Waals surface area contributed by atoms with Gasteiger partial charge in [-0.25, -0.2) is 0 Å². The maximum atomic E-state index is 9.84. The van der Waals surface area contributed by atoms with Crippen LogP contribution in [0.3, 0.4) is 0 Å². The molecule has 0 saturated carbocycles. The molecular formula is C14H17N3O2. The maximum Gasteiger partial charge on any atom is 0.298 e. The van der Waals surface area contributed by atoms with Crippen molar-refractivity contribution in [1.82, 2.24) is 4.98 Å². The highest BCUT2D eigenvalue weighted by Gasteiger charge is 2.42. The largest absolute Gasteiger partial charge is 0.423 e. The van der Waals surface area contributed by atoms with E-state index in [0.29, 0.717) is 23.8 Å². The van der Waals surface area contributed by atoms with Gasteiger partial charge in [-0.15, -0.1) is 0 Å². The molecule has 2 saturated heterocycles. The molecule has 0 radical (unpaired) electrons. The molecule has 2 bridgehead atoms. The van der Waals surface area contributed by atoms with Gasteiger partial charge in [-0.2, -0.15) is 4.98 Å². The van der Waals surface area contributed by atoms with E-state index < -0.39 is 0 Å². The molecule has 2 aromatic rings. The molecule has 100 valence electrons. The molecule has 3 heterocycles. The Morgan fingerprint density at radius 2 is 2.00 bits per heavy atom. The molecule has 2 unspecified atom stereocenters. The first-order chi connectivity index (χ1) is 9.22. The fourth-order valence-corrected chi connectivity index (χ4v) is 3.53. The molecule has 2 fully saturated rings. The van der Waals surface area contributed by atoms with Crippen LogP contribution in [0, 0.1) is 0 Å². The molecule has 0 aliphatic carbocycles. The van der Waals surface area contributed by atoms with Crippen LogP contribution >= 0.6 is 0 Å². The lowest BCUT2D eigenvalue weighted by atomic mass is 10.0. The number of para-hydroxylation sites is 1. The summed E-state index contributed by atoms with van der Waals surface area (Å²) in [7, 11) is 0. The molecule has 2 aliphatic rings. The number of anilines is 2. The van der Waals surface area contributed by atoms with Crippen molar-refractivity contribution in [3.05, 3.63) is 18.2 Å². The lowest BCUT2D eigenvalue weighted by Gasteiger charge is -2.35. The highest BCUT2D eigenvalue weighted by molar-refractivity contribution is 5.86. The Bertz CT molecular complexity index is 610. The molecule has 0 amide bonds. The third-order valence-corrected chi connectivity index (χ3v) is 4.37. The Kier molecular flexibility index (Phi) is 2.26. The fraction of sp³-hybridized carbons (Fsp3) is 0.500.